The van der Waals surface area contributed by atoms with Crippen molar-refractivity contribution in [2.75, 3.05) is 14.1 Å². The second-order valence-electron chi connectivity index (χ2n) is 5.14. The van der Waals surface area contributed by atoms with Crippen molar-refractivity contribution >= 4 is 22.6 Å². The zero-order chi connectivity index (χ0) is 14.9. The first-order valence-electron chi connectivity index (χ1n) is 6.77. The average Bonchev–Trinajstić information content (AvgIpc) is 2.71. The van der Waals surface area contributed by atoms with Crippen molar-refractivity contribution in [1.29, 1.82) is 0 Å². The molecule has 1 aromatic heterocycles. The van der Waals surface area contributed by atoms with E-state index in [9.17, 15) is 9.59 Å². The molecule has 0 saturated carbocycles. The molecule has 0 spiro atoms. The van der Waals surface area contributed by atoms with Crippen molar-refractivity contribution in [2.24, 2.45) is 7.05 Å². The van der Waals surface area contributed by atoms with Gasteiger partial charge in [0.15, 0.2) is 5.78 Å². The number of fused-ring (bicyclic) bond motifs is 1. The van der Waals surface area contributed by atoms with E-state index in [0.717, 1.165) is 16.5 Å². The molecule has 0 radical (unpaired) electrons. The van der Waals surface area contributed by atoms with Crippen molar-refractivity contribution in [3.8, 4) is 0 Å². The van der Waals surface area contributed by atoms with Crippen molar-refractivity contribution in [1.82, 2.24) is 9.47 Å². The van der Waals surface area contributed by atoms with Crippen LogP contribution in [0.3, 0.4) is 0 Å². The molecule has 2 rings (SSSR count). The SMILES string of the molecule is CCC(=O)c1c(CC(=O)N(C)C)c2ccccc2n1C. The summed E-state index contributed by atoms with van der Waals surface area (Å²) >= 11 is 0. The number of amides is 1. The number of aryl methyl sites for hydroxylation is 1. The Morgan fingerprint density at radius 2 is 1.85 bits per heavy atom. The molecule has 0 unspecified atom stereocenters. The van der Waals surface area contributed by atoms with Gasteiger partial charge in [0.1, 0.15) is 0 Å². The number of para-hydroxylation sites is 1. The highest BCUT2D eigenvalue weighted by atomic mass is 16.2. The Bertz CT molecular complexity index is 668. The molecule has 1 heterocycles. The highest BCUT2D eigenvalue weighted by molar-refractivity contribution is 6.04. The Hall–Kier alpha value is -2.10. The summed E-state index contributed by atoms with van der Waals surface area (Å²) in [6.45, 7) is 1.84. The number of carbonyl (C=O) groups is 2. The summed E-state index contributed by atoms with van der Waals surface area (Å²) < 4.78 is 1.90. The Labute approximate surface area is 119 Å². The minimum Gasteiger partial charge on any atom is -0.349 e. The van der Waals surface area contributed by atoms with Crippen molar-refractivity contribution in [3.63, 3.8) is 0 Å². The van der Waals surface area contributed by atoms with Gasteiger partial charge in [0.25, 0.3) is 0 Å². The molecule has 0 N–H and O–H groups in total. The molecule has 1 amide bonds. The van der Waals surface area contributed by atoms with Gasteiger partial charge in [0.05, 0.1) is 12.1 Å². The predicted molar refractivity (Wildman–Crippen MR) is 79.9 cm³/mol. The number of Topliss-reactive ketones (excluding diaryl/α,β-unsaturated/α-hetero) is 1. The lowest BCUT2D eigenvalue weighted by atomic mass is 10.0. The molecule has 0 bridgehead atoms. The third-order valence-corrected chi connectivity index (χ3v) is 3.62. The predicted octanol–water partition coefficient (Wildman–Crippen LogP) is 2.40. The maximum Gasteiger partial charge on any atom is 0.226 e. The zero-order valence-corrected chi connectivity index (χ0v) is 12.4. The Kier molecular flexibility index (Phi) is 3.93. The van der Waals surface area contributed by atoms with E-state index in [1.54, 1.807) is 19.0 Å². The monoisotopic (exact) mass is 272 g/mol. The first kappa shape index (κ1) is 14.3. The number of benzene rings is 1. The second kappa shape index (κ2) is 5.49. The van der Waals surface area contributed by atoms with Crippen molar-refractivity contribution in [2.45, 2.75) is 19.8 Å². The smallest absolute Gasteiger partial charge is 0.226 e. The van der Waals surface area contributed by atoms with Crippen LogP contribution in [0.15, 0.2) is 24.3 Å². The maximum atomic E-state index is 12.2. The fourth-order valence-electron chi connectivity index (χ4n) is 2.48. The lowest BCUT2D eigenvalue weighted by molar-refractivity contribution is -0.127. The van der Waals surface area contributed by atoms with Crippen molar-refractivity contribution < 1.29 is 9.59 Å². The summed E-state index contributed by atoms with van der Waals surface area (Å²) in [6, 6.07) is 7.83. The third-order valence-electron chi connectivity index (χ3n) is 3.62. The molecule has 0 saturated heterocycles. The number of likely N-dealkylation sites (N-methyl/N-ethyl adjacent to an activating group) is 1. The third kappa shape index (κ3) is 2.33. The van der Waals surface area contributed by atoms with Crippen molar-refractivity contribution in [3.05, 3.63) is 35.5 Å². The minimum absolute atomic E-state index is 0.00602. The average molecular weight is 272 g/mol. The lowest BCUT2D eigenvalue weighted by Gasteiger charge is -2.11. The van der Waals surface area contributed by atoms with E-state index in [2.05, 4.69) is 0 Å². The first-order valence-corrected chi connectivity index (χ1v) is 6.77. The Morgan fingerprint density at radius 3 is 2.45 bits per heavy atom. The number of ketones is 1. The normalized spacial score (nSPS) is 10.8. The van der Waals surface area contributed by atoms with Crippen LogP contribution in [0, 0.1) is 0 Å². The van der Waals surface area contributed by atoms with Crippen LogP contribution in [0.1, 0.15) is 29.4 Å². The molecule has 106 valence electrons. The summed E-state index contributed by atoms with van der Waals surface area (Å²) in [7, 11) is 5.35. The van der Waals surface area contributed by atoms with Gasteiger partial charge in [0.2, 0.25) is 5.91 Å². The van der Waals surface area contributed by atoms with Gasteiger partial charge in [-0.05, 0) is 11.6 Å². The van der Waals surface area contributed by atoms with Gasteiger partial charge in [-0.2, -0.15) is 0 Å². The summed E-state index contributed by atoms with van der Waals surface area (Å²) in [4.78, 5) is 25.8. The van der Waals surface area contributed by atoms with E-state index in [1.165, 1.54) is 0 Å². The Balaban J connectivity index is 2.66. The number of hydrogen-bond donors (Lipinski definition) is 0. The molecule has 4 heteroatoms. The van der Waals surface area contributed by atoms with Gasteiger partial charge >= 0.3 is 0 Å². The first-order chi connectivity index (χ1) is 9.47. The van der Waals surface area contributed by atoms with Crippen LogP contribution in [0.4, 0.5) is 0 Å². The maximum absolute atomic E-state index is 12.2. The molecule has 20 heavy (non-hydrogen) atoms. The van der Waals surface area contributed by atoms with Gasteiger partial charge in [-0.1, -0.05) is 25.1 Å². The topological polar surface area (TPSA) is 42.3 Å². The van der Waals surface area contributed by atoms with Gasteiger partial charge in [-0.15, -0.1) is 0 Å². The van der Waals surface area contributed by atoms with E-state index in [0.29, 0.717) is 12.1 Å². The van der Waals surface area contributed by atoms with Crippen LogP contribution in [0.5, 0.6) is 0 Å². The molecule has 1 aromatic carbocycles. The van der Waals surface area contributed by atoms with E-state index in [4.69, 9.17) is 0 Å². The van der Waals surface area contributed by atoms with Crippen LogP contribution in [-0.4, -0.2) is 35.3 Å². The number of aromatic nitrogens is 1. The fraction of sp³-hybridized carbons (Fsp3) is 0.375. The molecule has 2 aromatic rings. The number of nitrogens with zero attached hydrogens (tertiary/aromatic N) is 2. The minimum atomic E-state index is 0.00602. The summed E-state index contributed by atoms with van der Waals surface area (Å²) in [5.41, 5.74) is 2.49. The molecular weight excluding hydrogens is 252 g/mol. The summed E-state index contributed by atoms with van der Waals surface area (Å²) in [5.74, 6) is 0.0803. The largest absolute Gasteiger partial charge is 0.349 e. The number of hydrogen-bond acceptors (Lipinski definition) is 2. The molecule has 0 aliphatic rings. The zero-order valence-electron chi connectivity index (χ0n) is 12.4. The van der Waals surface area contributed by atoms with Gasteiger partial charge in [0, 0.05) is 38.5 Å². The summed E-state index contributed by atoms with van der Waals surface area (Å²) in [6.07, 6.45) is 0.697. The quantitative estimate of drug-likeness (QED) is 0.802. The van der Waals surface area contributed by atoms with Crippen LogP contribution >= 0.6 is 0 Å². The van der Waals surface area contributed by atoms with Crippen LogP contribution in [0.25, 0.3) is 10.9 Å². The molecule has 0 atom stereocenters. The standard InChI is InChI=1S/C16H20N2O2/c1-5-14(19)16-12(10-15(20)17(2)3)11-8-6-7-9-13(11)18(16)4/h6-9H,5,10H2,1-4H3. The molecular formula is C16H20N2O2. The van der Waals surface area contributed by atoms with Gasteiger partial charge < -0.3 is 9.47 Å². The fourth-order valence-corrected chi connectivity index (χ4v) is 2.48. The molecule has 0 aliphatic carbocycles. The van der Waals surface area contributed by atoms with Crippen LogP contribution in [-0.2, 0) is 18.3 Å². The van der Waals surface area contributed by atoms with E-state index in [-0.39, 0.29) is 18.1 Å². The van der Waals surface area contributed by atoms with E-state index >= 15 is 0 Å². The highest BCUT2D eigenvalue weighted by Crippen LogP contribution is 2.27. The number of carbonyl (C=O) groups excluding carboxylic acids is 2. The van der Waals surface area contributed by atoms with E-state index in [1.807, 2.05) is 42.8 Å². The lowest BCUT2D eigenvalue weighted by Crippen LogP contribution is -2.24. The second-order valence-corrected chi connectivity index (χ2v) is 5.14. The highest BCUT2D eigenvalue weighted by Gasteiger charge is 2.21. The molecule has 0 fully saturated rings. The van der Waals surface area contributed by atoms with Gasteiger partial charge in [-0.3, -0.25) is 9.59 Å². The van der Waals surface area contributed by atoms with E-state index < -0.39 is 0 Å². The number of rotatable bonds is 4. The summed E-state index contributed by atoms with van der Waals surface area (Å²) in [5, 5.41) is 0.988. The molecule has 0 aliphatic heterocycles. The Morgan fingerprint density at radius 1 is 1.20 bits per heavy atom. The van der Waals surface area contributed by atoms with Crippen LogP contribution < -0.4 is 0 Å². The van der Waals surface area contributed by atoms with Crippen LogP contribution in [0.2, 0.25) is 0 Å². The molecule has 4 nitrogen and oxygen atoms in total. The van der Waals surface area contributed by atoms with Gasteiger partial charge in [-0.25, -0.2) is 0 Å².